The van der Waals surface area contributed by atoms with Crippen molar-refractivity contribution in [3.63, 3.8) is 0 Å². The van der Waals surface area contributed by atoms with E-state index in [1.807, 2.05) is 23.4 Å². The summed E-state index contributed by atoms with van der Waals surface area (Å²) in [5, 5.41) is 2.39. The number of anilines is 1. The number of carbonyl (C=O) groups excluding carboxylic acids is 1. The molecular formula is C19H23N3O2. The van der Waals surface area contributed by atoms with E-state index in [4.69, 9.17) is 4.74 Å². The molecule has 1 unspecified atom stereocenters. The Labute approximate surface area is 142 Å². The fraction of sp³-hybridized carbons (Fsp3) is 0.474. The number of amides is 1. The number of nitrogens with zero attached hydrogens (tertiary/aromatic N) is 3. The average molecular weight is 325 g/mol. The van der Waals surface area contributed by atoms with Crippen LogP contribution in [0.15, 0.2) is 36.7 Å². The van der Waals surface area contributed by atoms with Gasteiger partial charge in [-0.3, -0.25) is 9.78 Å². The smallest absolute Gasteiger partial charge is 0.225 e. The van der Waals surface area contributed by atoms with Gasteiger partial charge in [-0.05, 0) is 12.8 Å². The maximum absolute atomic E-state index is 12.4. The van der Waals surface area contributed by atoms with E-state index in [2.05, 4.69) is 28.1 Å². The SMILES string of the molecule is O=C(CC1CCCO1)N1CCN(c2cncc3ccccc23)CC1. The molecule has 4 rings (SSSR count). The van der Waals surface area contributed by atoms with Crippen LogP contribution in [0.5, 0.6) is 0 Å². The Balaban J connectivity index is 1.41. The molecule has 24 heavy (non-hydrogen) atoms. The Morgan fingerprint density at radius 2 is 2.00 bits per heavy atom. The number of rotatable bonds is 3. The van der Waals surface area contributed by atoms with Gasteiger partial charge in [0, 0.05) is 49.8 Å². The lowest BCUT2D eigenvalue weighted by atomic mass is 10.1. The number of fused-ring (bicyclic) bond motifs is 1. The maximum Gasteiger partial charge on any atom is 0.225 e. The molecule has 2 saturated heterocycles. The number of piperazine rings is 1. The number of aromatic nitrogens is 1. The molecule has 0 aliphatic carbocycles. The first kappa shape index (κ1) is 15.4. The van der Waals surface area contributed by atoms with E-state index in [1.165, 1.54) is 11.1 Å². The van der Waals surface area contributed by atoms with Crippen LogP contribution in [0.4, 0.5) is 5.69 Å². The molecule has 2 aromatic rings. The fourth-order valence-electron chi connectivity index (χ4n) is 3.68. The molecule has 0 N–H and O–H groups in total. The van der Waals surface area contributed by atoms with Gasteiger partial charge >= 0.3 is 0 Å². The van der Waals surface area contributed by atoms with Gasteiger partial charge in [0.25, 0.3) is 0 Å². The second kappa shape index (κ2) is 6.77. The van der Waals surface area contributed by atoms with Gasteiger partial charge in [0.05, 0.1) is 24.4 Å². The lowest BCUT2D eigenvalue weighted by molar-refractivity contribution is -0.133. The Morgan fingerprint density at radius 3 is 2.79 bits per heavy atom. The second-order valence-electron chi connectivity index (χ2n) is 6.59. The standard InChI is InChI=1S/C19H23N3O2/c23-19(12-16-5-3-11-24-16)22-9-7-21(8-10-22)18-14-20-13-15-4-1-2-6-17(15)18/h1-2,4,6,13-14,16H,3,5,7-12H2. The molecule has 126 valence electrons. The Hall–Kier alpha value is -2.14. The summed E-state index contributed by atoms with van der Waals surface area (Å²) in [4.78, 5) is 21.1. The normalized spacial score (nSPS) is 21.4. The van der Waals surface area contributed by atoms with Crippen LogP contribution in [0.3, 0.4) is 0 Å². The second-order valence-corrected chi connectivity index (χ2v) is 6.59. The predicted molar refractivity (Wildman–Crippen MR) is 94.1 cm³/mol. The summed E-state index contributed by atoms with van der Waals surface area (Å²) < 4.78 is 5.59. The number of pyridine rings is 1. The largest absolute Gasteiger partial charge is 0.378 e. The Bertz CT molecular complexity index is 714. The van der Waals surface area contributed by atoms with Crippen LogP contribution in [0.1, 0.15) is 19.3 Å². The molecule has 1 atom stereocenters. The molecule has 3 heterocycles. The molecule has 1 aromatic carbocycles. The van der Waals surface area contributed by atoms with Gasteiger partial charge in [-0.1, -0.05) is 24.3 Å². The number of hydrogen-bond donors (Lipinski definition) is 0. The number of ether oxygens (including phenoxy) is 1. The van der Waals surface area contributed by atoms with Crippen LogP contribution in [-0.4, -0.2) is 54.7 Å². The van der Waals surface area contributed by atoms with Gasteiger partial charge in [0.15, 0.2) is 0 Å². The van der Waals surface area contributed by atoms with Gasteiger partial charge < -0.3 is 14.5 Å². The first-order chi connectivity index (χ1) is 11.8. The molecule has 5 heteroatoms. The van der Waals surface area contributed by atoms with Gasteiger partial charge in [-0.15, -0.1) is 0 Å². The molecule has 0 radical (unpaired) electrons. The third-order valence-corrected chi connectivity index (χ3v) is 5.05. The zero-order valence-electron chi connectivity index (χ0n) is 13.9. The topological polar surface area (TPSA) is 45.7 Å². The van der Waals surface area contributed by atoms with Crippen molar-refractivity contribution in [2.75, 3.05) is 37.7 Å². The lowest BCUT2D eigenvalue weighted by Gasteiger charge is -2.36. The highest BCUT2D eigenvalue weighted by atomic mass is 16.5. The summed E-state index contributed by atoms with van der Waals surface area (Å²) in [5.74, 6) is 0.234. The predicted octanol–water partition coefficient (Wildman–Crippen LogP) is 2.45. The minimum atomic E-state index is 0.137. The first-order valence-electron chi connectivity index (χ1n) is 8.78. The molecule has 2 aliphatic heterocycles. The van der Waals surface area contributed by atoms with E-state index >= 15 is 0 Å². The molecule has 1 aromatic heterocycles. The Kier molecular flexibility index (Phi) is 4.34. The molecule has 2 aliphatic rings. The molecule has 0 bridgehead atoms. The van der Waals surface area contributed by atoms with Crippen molar-refractivity contribution in [2.24, 2.45) is 0 Å². The molecular weight excluding hydrogens is 302 g/mol. The number of carbonyl (C=O) groups is 1. The van der Waals surface area contributed by atoms with Gasteiger partial charge in [-0.25, -0.2) is 0 Å². The zero-order chi connectivity index (χ0) is 16.4. The van der Waals surface area contributed by atoms with Gasteiger partial charge in [0.1, 0.15) is 0 Å². The van der Waals surface area contributed by atoms with Crippen LogP contribution in [0.25, 0.3) is 10.8 Å². The summed E-state index contributed by atoms with van der Waals surface area (Å²) in [6.45, 7) is 4.06. The highest BCUT2D eigenvalue weighted by Crippen LogP contribution is 2.26. The summed E-state index contributed by atoms with van der Waals surface area (Å²) >= 11 is 0. The quantitative estimate of drug-likeness (QED) is 0.870. The van der Waals surface area contributed by atoms with E-state index in [-0.39, 0.29) is 12.0 Å². The third kappa shape index (κ3) is 3.08. The van der Waals surface area contributed by atoms with Crippen molar-refractivity contribution in [2.45, 2.75) is 25.4 Å². The van der Waals surface area contributed by atoms with Crippen LogP contribution in [0.2, 0.25) is 0 Å². The third-order valence-electron chi connectivity index (χ3n) is 5.05. The number of benzene rings is 1. The monoisotopic (exact) mass is 325 g/mol. The van der Waals surface area contributed by atoms with Crippen molar-refractivity contribution < 1.29 is 9.53 Å². The van der Waals surface area contributed by atoms with E-state index in [9.17, 15) is 4.79 Å². The van der Waals surface area contributed by atoms with Gasteiger partial charge in [-0.2, -0.15) is 0 Å². The molecule has 0 saturated carbocycles. The van der Waals surface area contributed by atoms with E-state index in [0.29, 0.717) is 6.42 Å². The Morgan fingerprint density at radius 1 is 1.17 bits per heavy atom. The highest BCUT2D eigenvalue weighted by Gasteiger charge is 2.26. The van der Waals surface area contributed by atoms with Crippen molar-refractivity contribution in [3.05, 3.63) is 36.7 Å². The summed E-state index contributed by atoms with van der Waals surface area (Å²) in [5.41, 5.74) is 1.17. The minimum absolute atomic E-state index is 0.137. The van der Waals surface area contributed by atoms with Crippen LogP contribution in [0, 0.1) is 0 Å². The van der Waals surface area contributed by atoms with E-state index < -0.39 is 0 Å². The molecule has 2 fully saturated rings. The zero-order valence-corrected chi connectivity index (χ0v) is 13.9. The molecule has 5 nitrogen and oxygen atoms in total. The summed E-state index contributed by atoms with van der Waals surface area (Å²) in [7, 11) is 0. The van der Waals surface area contributed by atoms with Crippen molar-refractivity contribution >= 4 is 22.4 Å². The minimum Gasteiger partial charge on any atom is -0.378 e. The summed E-state index contributed by atoms with van der Waals surface area (Å²) in [6, 6.07) is 8.33. The van der Waals surface area contributed by atoms with Crippen molar-refractivity contribution in [3.8, 4) is 0 Å². The van der Waals surface area contributed by atoms with E-state index in [0.717, 1.165) is 51.0 Å². The highest BCUT2D eigenvalue weighted by molar-refractivity contribution is 5.93. The first-order valence-corrected chi connectivity index (χ1v) is 8.78. The van der Waals surface area contributed by atoms with E-state index in [1.54, 1.807) is 0 Å². The number of hydrogen-bond acceptors (Lipinski definition) is 4. The molecule has 1 amide bonds. The lowest BCUT2D eigenvalue weighted by Crippen LogP contribution is -2.49. The van der Waals surface area contributed by atoms with Crippen LogP contribution in [-0.2, 0) is 9.53 Å². The van der Waals surface area contributed by atoms with Gasteiger partial charge in [0.2, 0.25) is 5.91 Å². The molecule has 0 spiro atoms. The van der Waals surface area contributed by atoms with Crippen LogP contribution >= 0.6 is 0 Å². The van der Waals surface area contributed by atoms with Crippen LogP contribution < -0.4 is 4.90 Å². The van der Waals surface area contributed by atoms with Crippen molar-refractivity contribution in [1.29, 1.82) is 0 Å². The van der Waals surface area contributed by atoms with Crippen molar-refractivity contribution in [1.82, 2.24) is 9.88 Å². The maximum atomic E-state index is 12.4. The fourth-order valence-corrected chi connectivity index (χ4v) is 3.68. The average Bonchev–Trinajstić information content (AvgIpc) is 3.14. The summed E-state index contributed by atoms with van der Waals surface area (Å²) in [6.07, 6.45) is 6.62.